The number of likely N-dealkylation sites (tertiary alicyclic amines) is 1. The molecule has 4 aliphatic heterocycles. The fraction of sp³-hybridized carbons (Fsp3) is 0.500. The van der Waals surface area contributed by atoms with E-state index in [1.54, 1.807) is 21.9 Å². The van der Waals surface area contributed by atoms with Gasteiger partial charge in [-0.2, -0.15) is 0 Å². The molecule has 5 rings (SSSR count). The van der Waals surface area contributed by atoms with E-state index in [2.05, 4.69) is 0 Å². The van der Waals surface area contributed by atoms with Crippen LogP contribution in [0.3, 0.4) is 0 Å². The second kappa shape index (κ2) is 9.30. The Bertz CT molecular complexity index is 1110. The molecule has 1 aromatic rings. The van der Waals surface area contributed by atoms with Crippen LogP contribution < -0.4 is 4.90 Å². The van der Waals surface area contributed by atoms with Gasteiger partial charge in [0.1, 0.15) is 12.6 Å². The number of carbonyl (C=O) groups is 3. The van der Waals surface area contributed by atoms with Crippen molar-refractivity contribution in [2.24, 2.45) is 11.8 Å². The van der Waals surface area contributed by atoms with Crippen LogP contribution in [0.2, 0.25) is 5.02 Å². The van der Waals surface area contributed by atoms with E-state index in [4.69, 9.17) is 16.3 Å². The fourth-order valence-electron chi connectivity index (χ4n) is 6.05. The van der Waals surface area contributed by atoms with E-state index >= 15 is 0 Å². The third-order valence-electron chi connectivity index (χ3n) is 7.51. The number of para-hydroxylation sites is 1. The molecule has 7 nitrogen and oxygen atoms in total. The molecule has 35 heavy (non-hydrogen) atoms. The SMILES string of the molecule is C[C@]12C=CCOC(=O)[C@H]1[C@H]1C(=O)N(CCCCCO)C3C(=O)N(c4ccccc4Cl)CC=C[C@@]31S2. The van der Waals surface area contributed by atoms with Crippen molar-refractivity contribution >= 4 is 46.8 Å². The molecule has 4 aliphatic rings. The van der Waals surface area contributed by atoms with Crippen LogP contribution in [-0.4, -0.2) is 69.6 Å². The van der Waals surface area contributed by atoms with E-state index < -0.39 is 33.3 Å². The van der Waals surface area contributed by atoms with Crippen LogP contribution in [0.4, 0.5) is 5.69 Å². The van der Waals surface area contributed by atoms with Crippen molar-refractivity contribution in [1.82, 2.24) is 4.90 Å². The molecular weight excluding hydrogens is 488 g/mol. The lowest BCUT2D eigenvalue weighted by molar-refractivity contribution is -0.152. The average molecular weight is 517 g/mol. The Morgan fingerprint density at radius 2 is 1.89 bits per heavy atom. The lowest BCUT2D eigenvalue weighted by Crippen LogP contribution is -2.53. The zero-order valence-electron chi connectivity index (χ0n) is 19.6. The molecule has 9 heteroatoms. The molecule has 1 N–H and O–H groups in total. The Kier molecular flexibility index (Phi) is 6.48. The summed E-state index contributed by atoms with van der Waals surface area (Å²) in [7, 11) is 0. The maximum Gasteiger partial charge on any atom is 0.311 e. The summed E-state index contributed by atoms with van der Waals surface area (Å²) in [6, 6.07) is 6.41. The number of rotatable bonds is 6. The van der Waals surface area contributed by atoms with Crippen molar-refractivity contribution in [3.8, 4) is 0 Å². The quantitative estimate of drug-likeness (QED) is 0.355. The molecule has 0 saturated carbocycles. The normalized spacial score (nSPS) is 33.8. The molecule has 1 spiro atoms. The topological polar surface area (TPSA) is 87.1 Å². The fourth-order valence-corrected chi connectivity index (χ4v) is 8.44. The van der Waals surface area contributed by atoms with Crippen LogP contribution in [0.25, 0.3) is 0 Å². The number of cyclic esters (lactones) is 1. The summed E-state index contributed by atoms with van der Waals surface area (Å²) in [6.07, 6.45) is 9.72. The lowest BCUT2D eigenvalue weighted by Gasteiger charge is -2.37. The molecule has 5 atom stereocenters. The third-order valence-corrected chi connectivity index (χ3v) is 9.63. The van der Waals surface area contributed by atoms with Gasteiger partial charge in [-0.15, -0.1) is 11.8 Å². The minimum atomic E-state index is -0.902. The van der Waals surface area contributed by atoms with Crippen LogP contribution in [0, 0.1) is 11.8 Å². The Morgan fingerprint density at radius 3 is 2.66 bits per heavy atom. The van der Waals surface area contributed by atoms with Gasteiger partial charge in [0.05, 0.1) is 27.3 Å². The summed E-state index contributed by atoms with van der Waals surface area (Å²) in [6.45, 7) is 2.93. The van der Waals surface area contributed by atoms with Crippen molar-refractivity contribution in [2.75, 3.05) is 31.2 Å². The smallest absolute Gasteiger partial charge is 0.311 e. The van der Waals surface area contributed by atoms with Gasteiger partial charge in [0.2, 0.25) is 5.91 Å². The molecule has 4 heterocycles. The van der Waals surface area contributed by atoms with E-state index in [0.717, 1.165) is 6.42 Å². The first-order valence-corrected chi connectivity index (χ1v) is 13.2. The number of hydrogen-bond donors (Lipinski definition) is 1. The molecule has 186 valence electrons. The first-order chi connectivity index (χ1) is 16.8. The minimum Gasteiger partial charge on any atom is -0.461 e. The number of carbonyl (C=O) groups excluding carboxylic acids is 3. The molecule has 2 saturated heterocycles. The second-order valence-electron chi connectivity index (χ2n) is 9.65. The van der Waals surface area contributed by atoms with Gasteiger partial charge in [0, 0.05) is 24.4 Å². The molecule has 1 unspecified atom stereocenters. The van der Waals surface area contributed by atoms with Gasteiger partial charge < -0.3 is 19.6 Å². The zero-order chi connectivity index (χ0) is 24.8. The van der Waals surface area contributed by atoms with E-state index in [0.29, 0.717) is 36.6 Å². The summed E-state index contributed by atoms with van der Waals surface area (Å²) in [4.78, 5) is 44.8. The number of nitrogens with zero attached hydrogens (tertiary/aromatic N) is 2. The summed E-state index contributed by atoms with van der Waals surface area (Å²) in [5.41, 5.74) is 0.597. The van der Waals surface area contributed by atoms with Gasteiger partial charge in [-0.1, -0.05) is 42.0 Å². The van der Waals surface area contributed by atoms with Crippen LogP contribution in [0.15, 0.2) is 48.6 Å². The maximum atomic E-state index is 14.3. The number of hydrogen-bond acceptors (Lipinski definition) is 6. The number of halogens is 1. The summed E-state index contributed by atoms with van der Waals surface area (Å²) >= 11 is 8.00. The molecule has 1 aromatic carbocycles. The monoisotopic (exact) mass is 516 g/mol. The zero-order valence-corrected chi connectivity index (χ0v) is 21.1. The van der Waals surface area contributed by atoms with Gasteiger partial charge >= 0.3 is 5.97 Å². The molecule has 0 aliphatic carbocycles. The lowest BCUT2D eigenvalue weighted by atomic mass is 9.75. The number of ether oxygens (including phenoxy) is 1. The standard InChI is InChI=1S/C26H29ClN2O5S/c1-25-11-8-16-34-24(33)20(25)19-22(31)29(13-5-2-6-15-30)21-23(32)28(14-7-12-26(19,21)35-25)18-10-4-3-9-17(18)27/h3-4,7-12,19-21,30H,2,5-6,13-16H2,1H3/t19-,20+,21?,25-,26-/m0/s1. The Hall–Kier alpha value is -2.29. The minimum absolute atomic E-state index is 0.0837. The number of fused-ring (bicyclic) bond motifs is 2. The Balaban J connectivity index is 1.60. The number of aliphatic hydroxyl groups excluding tert-OH is 1. The van der Waals surface area contributed by atoms with Crippen molar-refractivity contribution in [1.29, 1.82) is 0 Å². The highest BCUT2D eigenvalue weighted by atomic mass is 35.5. The van der Waals surface area contributed by atoms with Crippen molar-refractivity contribution in [3.05, 3.63) is 53.6 Å². The Morgan fingerprint density at radius 1 is 1.09 bits per heavy atom. The van der Waals surface area contributed by atoms with Gasteiger partial charge in [-0.25, -0.2) is 0 Å². The first kappa shape index (κ1) is 24.4. The average Bonchev–Trinajstić information content (AvgIpc) is 3.08. The van der Waals surface area contributed by atoms with Gasteiger partial charge in [0.25, 0.3) is 5.91 Å². The predicted molar refractivity (Wildman–Crippen MR) is 135 cm³/mol. The molecule has 0 bridgehead atoms. The van der Waals surface area contributed by atoms with Gasteiger partial charge in [0.15, 0.2) is 0 Å². The van der Waals surface area contributed by atoms with E-state index in [9.17, 15) is 19.5 Å². The highest BCUT2D eigenvalue weighted by Crippen LogP contribution is 2.65. The number of anilines is 1. The highest BCUT2D eigenvalue weighted by molar-refractivity contribution is 8.02. The summed E-state index contributed by atoms with van der Waals surface area (Å²) in [5.74, 6) is -2.18. The van der Waals surface area contributed by atoms with Gasteiger partial charge in [-0.05, 0) is 44.4 Å². The number of benzene rings is 1. The molecule has 0 radical (unpaired) electrons. The highest BCUT2D eigenvalue weighted by Gasteiger charge is 2.74. The van der Waals surface area contributed by atoms with Crippen LogP contribution in [0.1, 0.15) is 26.2 Å². The van der Waals surface area contributed by atoms with Crippen LogP contribution in [0.5, 0.6) is 0 Å². The van der Waals surface area contributed by atoms with Crippen molar-refractivity contribution in [3.63, 3.8) is 0 Å². The predicted octanol–water partition coefficient (Wildman–Crippen LogP) is 3.21. The van der Waals surface area contributed by atoms with E-state index in [-0.39, 0.29) is 25.0 Å². The number of amides is 2. The van der Waals surface area contributed by atoms with Crippen molar-refractivity contribution < 1.29 is 24.2 Å². The van der Waals surface area contributed by atoms with Crippen molar-refractivity contribution in [2.45, 2.75) is 41.7 Å². The van der Waals surface area contributed by atoms with Crippen LogP contribution in [-0.2, 0) is 19.1 Å². The number of aliphatic hydroxyl groups is 1. The van der Waals surface area contributed by atoms with Gasteiger partial charge in [-0.3, -0.25) is 14.4 Å². The summed E-state index contributed by atoms with van der Waals surface area (Å²) in [5, 5.41) is 9.64. The number of esters is 1. The number of thioether (sulfide) groups is 1. The van der Waals surface area contributed by atoms with E-state index in [1.165, 1.54) is 11.8 Å². The first-order valence-electron chi connectivity index (χ1n) is 12.0. The van der Waals surface area contributed by atoms with Crippen LogP contribution >= 0.6 is 23.4 Å². The maximum absolute atomic E-state index is 14.3. The van der Waals surface area contributed by atoms with E-state index in [1.807, 2.05) is 43.4 Å². The number of unbranched alkanes of at least 4 members (excludes halogenated alkanes) is 2. The molecule has 0 aromatic heterocycles. The second-order valence-corrected chi connectivity index (χ2v) is 11.8. The molecule has 2 amide bonds. The largest absolute Gasteiger partial charge is 0.461 e. The summed E-state index contributed by atoms with van der Waals surface area (Å²) < 4.78 is 3.88. The molecule has 2 fully saturated rings. The molecular formula is C26H29ClN2O5S. The Labute approximate surface area is 214 Å². The third kappa shape index (κ3) is 3.81.